The first kappa shape index (κ1) is 12.2. The fraction of sp³-hybridized carbons (Fsp3) is 0.444. The molecule has 0 unspecified atom stereocenters. The number of hydrogen-bond acceptors (Lipinski definition) is 4. The summed E-state index contributed by atoms with van der Waals surface area (Å²) in [7, 11) is 0. The highest BCUT2D eigenvalue weighted by atomic mass is 16.3. The van der Waals surface area contributed by atoms with Crippen LogP contribution in [0.4, 0.5) is 0 Å². The molecule has 1 heterocycles. The molecule has 1 aromatic heterocycles. The van der Waals surface area contributed by atoms with Crippen molar-refractivity contribution in [2.45, 2.75) is 6.92 Å². The van der Waals surface area contributed by atoms with Crippen LogP contribution in [0.5, 0.6) is 0 Å². The molecule has 0 aliphatic carbocycles. The van der Waals surface area contributed by atoms with Gasteiger partial charge in [0.25, 0.3) is 11.5 Å². The minimum atomic E-state index is -0.726. The van der Waals surface area contributed by atoms with E-state index in [2.05, 4.69) is 4.98 Å². The smallest absolute Gasteiger partial charge is 0.326 e. The van der Waals surface area contributed by atoms with Crippen LogP contribution in [0.3, 0.4) is 0 Å². The second kappa shape index (κ2) is 5.26. The number of likely N-dealkylation sites (N-methyl/N-ethyl adjacent to an activating group) is 1. The van der Waals surface area contributed by atoms with Crippen molar-refractivity contribution in [3.63, 3.8) is 0 Å². The molecule has 0 spiro atoms. The molecular formula is C9H13N3O4. The molecule has 0 saturated carbocycles. The van der Waals surface area contributed by atoms with Crippen LogP contribution in [0.15, 0.2) is 15.7 Å². The maximum Gasteiger partial charge on any atom is 0.326 e. The fourth-order valence-corrected chi connectivity index (χ4v) is 1.28. The van der Waals surface area contributed by atoms with E-state index in [4.69, 9.17) is 5.11 Å². The summed E-state index contributed by atoms with van der Waals surface area (Å²) in [4.78, 5) is 39.2. The van der Waals surface area contributed by atoms with Gasteiger partial charge in [0.2, 0.25) is 0 Å². The molecular weight excluding hydrogens is 214 g/mol. The number of amides is 1. The summed E-state index contributed by atoms with van der Waals surface area (Å²) in [5, 5.41) is 8.74. The maximum atomic E-state index is 11.8. The number of aliphatic hydroxyl groups is 1. The van der Waals surface area contributed by atoms with Gasteiger partial charge < -0.3 is 15.0 Å². The summed E-state index contributed by atoms with van der Waals surface area (Å²) in [6, 6.07) is 1.02. The first-order chi connectivity index (χ1) is 7.58. The maximum absolute atomic E-state index is 11.8. The SMILES string of the molecule is CCN(CCO)C(=O)c1cc(=O)[nH]c(=O)[nH]1. The Morgan fingerprint density at radius 1 is 1.44 bits per heavy atom. The van der Waals surface area contributed by atoms with Gasteiger partial charge in [-0.1, -0.05) is 0 Å². The highest BCUT2D eigenvalue weighted by Gasteiger charge is 2.14. The number of carbonyl (C=O) groups excluding carboxylic acids is 1. The number of hydrogen-bond donors (Lipinski definition) is 3. The standard InChI is InChI=1S/C9H13N3O4/c1-2-12(3-4-13)8(15)6-5-7(14)11-9(16)10-6/h5,13H,2-4H2,1H3,(H2,10,11,14,16). The van der Waals surface area contributed by atoms with Gasteiger partial charge in [0.05, 0.1) is 6.61 Å². The van der Waals surface area contributed by atoms with Crippen molar-refractivity contribution in [3.8, 4) is 0 Å². The van der Waals surface area contributed by atoms with E-state index in [1.54, 1.807) is 6.92 Å². The molecule has 1 amide bonds. The zero-order chi connectivity index (χ0) is 12.1. The Morgan fingerprint density at radius 2 is 2.12 bits per heavy atom. The largest absolute Gasteiger partial charge is 0.395 e. The van der Waals surface area contributed by atoms with Crippen LogP contribution in [-0.2, 0) is 0 Å². The summed E-state index contributed by atoms with van der Waals surface area (Å²) in [6.07, 6.45) is 0. The van der Waals surface area contributed by atoms with Gasteiger partial charge >= 0.3 is 5.69 Å². The molecule has 0 aliphatic heterocycles. The van der Waals surface area contributed by atoms with Crippen molar-refractivity contribution in [2.75, 3.05) is 19.7 Å². The van der Waals surface area contributed by atoms with Gasteiger partial charge in [-0.05, 0) is 6.92 Å². The second-order valence-electron chi connectivity index (χ2n) is 3.11. The third-order valence-corrected chi connectivity index (χ3v) is 2.03. The minimum absolute atomic E-state index is 0.0796. The first-order valence-corrected chi connectivity index (χ1v) is 4.82. The van der Waals surface area contributed by atoms with Gasteiger partial charge in [0.15, 0.2) is 0 Å². The van der Waals surface area contributed by atoms with Crippen LogP contribution < -0.4 is 11.2 Å². The average Bonchev–Trinajstić information content (AvgIpc) is 2.23. The monoisotopic (exact) mass is 227 g/mol. The van der Waals surface area contributed by atoms with E-state index >= 15 is 0 Å². The van der Waals surface area contributed by atoms with Crippen molar-refractivity contribution in [1.82, 2.24) is 14.9 Å². The third kappa shape index (κ3) is 2.80. The Hall–Kier alpha value is -1.89. The molecule has 0 radical (unpaired) electrons. The molecule has 1 aromatic rings. The number of nitrogens with one attached hydrogen (secondary N) is 2. The second-order valence-corrected chi connectivity index (χ2v) is 3.11. The summed E-state index contributed by atoms with van der Waals surface area (Å²) in [5.74, 6) is -0.486. The van der Waals surface area contributed by atoms with Gasteiger partial charge in [0, 0.05) is 19.2 Å². The summed E-state index contributed by atoms with van der Waals surface area (Å²) >= 11 is 0. The lowest BCUT2D eigenvalue weighted by Gasteiger charge is -2.18. The van der Waals surface area contributed by atoms with Crippen LogP contribution in [0.25, 0.3) is 0 Å². The van der Waals surface area contributed by atoms with Gasteiger partial charge in [-0.2, -0.15) is 0 Å². The number of carbonyl (C=O) groups is 1. The van der Waals surface area contributed by atoms with Crippen LogP contribution in [-0.4, -0.2) is 45.6 Å². The molecule has 88 valence electrons. The highest BCUT2D eigenvalue weighted by molar-refractivity contribution is 5.92. The normalized spacial score (nSPS) is 10.1. The minimum Gasteiger partial charge on any atom is -0.395 e. The topological polar surface area (TPSA) is 106 Å². The summed E-state index contributed by atoms with van der Waals surface area (Å²) in [5.41, 5.74) is -1.44. The number of aromatic nitrogens is 2. The molecule has 0 fully saturated rings. The molecule has 16 heavy (non-hydrogen) atoms. The molecule has 0 atom stereocenters. The lowest BCUT2D eigenvalue weighted by Crippen LogP contribution is -2.36. The van der Waals surface area contributed by atoms with Crippen molar-refractivity contribution in [2.24, 2.45) is 0 Å². The van der Waals surface area contributed by atoms with Crippen molar-refractivity contribution < 1.29 is 9.90 Å². The number of aliphatic hydroxyl groups excluding tert-OH is 1. The van der Waals surface area contributed by atoms with E-state index in [1.165, 1.54) is 4.90 Å². The molecule has 1 rings (SSSR count). The van der Waals surface area contributed by atoms with E-state index in [-0.39, 0.29) is 18.8 Å². The zero-order valence-corrected chi connectivity index (χ0v) is 8.82. The predicted molar refractivity (Wildman–Crippen MR) is 56.3 cm³/mol. The van der Waals surface area contributed by atoms with Crippen molar-refractivity contribution in [1.29, 1.82) is 0 Å². The summed E-state index contributed by atoms with van der Waals surface area (Å²) in [6.45, 7) is 2.10. The average molecular weight is 227 g/mol. The predicted octanol–water partition coefficient (Wildman–Crippen LogP) is -1.48. The Balaban J connectivity index is 3.03. The Kier molecular flexibility index (Phi) is 4.01. The molecule has 0 aliphatic rings. The van der Waals surface area contributed by atoms with Crippen LogP contribution in [0, 0.1) is 0 Å². The van der Waals surface area contributed by atoms with E-state index in [1.807, 2.05) is 4.98 Å². The Bertz CT molecular complexity index is 448. The number of aromatic amines is 2. The Morgan fingerprint density at radius 3 is 2.62 bits per heavy atom. The van der Waals surface area contributed by atoms with E-state index in [0.29, 0.717) is 6.54 Å². The summed E-state index contributed by atoms with van der Waals surface area (Å²) < 4.78 is 0. The van der Waals surface area contributed by atoms with Gasteiger partial charge in [-0.15, -0.1) is 0 Å². The van der Waals surface area contributed by atoms with Crippen molar-refractivity contribution >= 4 is 5.91 Å². The van der Waals surface area contributed by atoms with E-state index < -0.39 is 17.2 Å². The molecule has 3 N–H and O–H groups in total. The number of rotatable bonds is 4. The van der Waals surface area contributed by atoms with Crippen LogP contribution in [0.2, 0.25) is 0 Å². The van der Waals surface area contributed by atoms with Gasteiger partial charge in [-0.3, -0.25) is 14.6 Å². The lowest BCUT2D eigenvalue weighted by atomic mass is 10.3. The quantitative estimate of drug-likeness (QED) is 0.583. The highest BCUT2D eigenvalue weighted by Crippen LogP contribution is 1.96. The first-order valence-electron chi connectivity index (χ1n) is 4.82. The van der Waals surface area contributed by atoms with E-state index in [0.717, 1.165) is 6.07 Å². The number of H-pyrrole nitrogens is 2. The van der Waals surface area contributed by atoms with Crippen LogP contribution in [0.1, 0.15) is 17.4 Å². The van der Waals surface area contributed by atoms with Gasteiger partial charge in [-0.25, -0.2) is 4.79 Å². The Labute approximate surface area is 90.7 Å². The molecule has 7 heteroatoms. The third-order valence-electron chi connectivity index (χ3n) is 2.03. The molecule has 7 nitrogen and oxygen atoms in total. The molecule has 0 bridgehead atoms. The van der Waals surface area contributed by atoms with Gasteiger partial charge in [0.1, 0.15) is 5.69 Å². The fourth-order valence-electron chi connectivity index (χ4n) is 1.28. The zero-order valence-electron chi connectivity index (χ0n) is 8.82. The molecule has 0 aromatic carbocycles. The lowest BCUT2D eigenvalue weighted by molar-refractivity contribution is 0.0725. The van der Waals surface area contributed by atoms with E-state index in [9.17, 15) is 14.4 Å². The number of nitrogens with zero attached hydrogens (tertiary/aromatic N) is 1. The molecule has 0 saturated heterocycles. The van der Waals surface area contributed by atoms with Crippen molar-refractivity contribution in [3.05, 3.63) is 32.6 Å². The van der Waals surface area contributed by atoms with Crippen LogP contribution >= 0.6 is 0 Å².